The molecule has 2 N–H and O–H groups in total. The fourth-order valence-corrected chi connectivity index (χ4v) is 2.06. The van der Waals surface area contributed by atoms with Gasteiger partial charge in [-0.05, 0) is 31.0 Å². The van der Waals surface area contributed by atoms with Crippen LogP contribution in [0.1, 0.15) is 24.8 Å². The predicted molar refractivity (Wildman–Crippen MR) is 68.3 cm³/mol. The van der Waals surface area contributed by atoms with Gasteiger partial charge in [-0.2, -0.15) is 0 Å². The second-order valence-electron chi connectivity index (χ2n) is 4.43. The van der Waals surface area contributed by atoms with Gasteiger partial charge < -0.3 is 15.4 Å². The minimum atomic E-state index is -0.0394. The first-order valence-corrected chi connectivity index (χ1v) is 6.29. The number of carbonyl (C=O) groups excluding carboxylic acids is 1. The third-order valence-electron chi connectivity index (χ3n) is 3.10. The third-order valence-corrected chi connectivity index (χ3v) is 3.10. The van der Waals surface area contributed by atoms with Crippen LogP contribution in [-0.2, 0) is 11.3 Å². The normalized spacial score (nSPS) is 19.3. The standard InChI is InChI=1S/C13H19N3O2/c1-18-12-8-10(5-7-15-12)9-16-13(17)11-4-2-3-6-14-11/h5,7-8,11,14H,2-4,6,9H2,1H3,(H,16,17)/t11-/m1/s1. The molecule has 1 aliphatic heterocycles. The summed E-state index contributed by atoms with van der Waals surface area (Å²) in [6.45, 7) is 1.44. The Balaban J connectivity index is 1.84. The first-order valence-electron chi connectivity index (χ1n) is 6.29. The quantitative estimate of drug-likeness (QED) is 0.830. The van der Waals surface area contributed by atoms with Crippen molar-refractivity contribution in [1.82, 2.24) is 15.6 Å². The summed E-state index contributed by atoms with van der Waals surface area (Å²) < 4.78 is 5.04. The van der Waals surface area contributed by atoms with Gasteiger partial charge in [-0.1, -0.05) is 6.42 Å². The molecular weight excluding hydrogens is 230 g/mol. The lowest BCUT2D eigenvalue weighted by molar-refractivity contribution is -0.123. The van der Waals surface area contributed by atoms with Crippen LogP contribution in [0.4, 0.5) is 0 Å². The lowest BCUT2D eigenvalue weighted by Crippen LogP contribution is -2.46. The number of methoxy groups -OCH3 is 1. The molecule has 2 rings (SSSR count). The second-order valence-corrected chi connectivity index (χ2v) is 4.43. The summed E-state index contributed by atoms with van der Waals surface area (Å²) in [6, 6.07) is 3.66. The van der Waals surface area contributed by atoms with Gasteiger partial charge >= 0.3 is 0 Å². The molecule has 0 radical (unpaired) electrons. The molecule has 1 aliphatic rings. The number of nitrogens with one attached hydrogen (secondary N) is 2. The lowest BCUT2D eigenvalue weighted by Gasteiger charge is -2.22. The Hall–Kier alpha value is -1.62. The number of hydrogen-bond donors (Lipinski definition) is 2. The Morgan fingerprint density at radius 1 is 1.61 bits per heavy atom. The van der Waals surface area contributed by atoms with Gasteiger partial charge in [-0.3, -0.25) is 4.79 Å². The number of hydrogen-bond acceptors (Lipinski definition) is 4. The van der Waals surface area contributed by atoms with E-state index in [-0.39, 0.29) is 11.9 Å². The summed E-state index contributed by atoms with van der Waals surface area (Å²) in [7, 11) is 1.58. The fourth-order valence-electron chi connectivity index (χ4n) is 2.06. The molecule has 0 spiro atoms. The van der Waals surface area contributed by atoms with Crippen molar-refractivity contribution in [1.29, 1.82) is 0 Å². The van der Waals surface area contributed by atoms with Crippen LogP contribution in [0.25, 0.3) is 0 Å². The van der Waals surface area contributed by atoms with Crippen LogP contribution in [0.3, 0.4) is 0 Å². The van der Waals surface area contributed by atoms with Crippen molar-refractivity contribution >= 4 is 5.91 Å². The average molecular weight is 249 g/mol. The number of nitrogens with zero attached hydrogens (tertiary/aromatic N) is 1. The third kappa shape index (κ3) is 3.43. The van der Waals surface area contributed by atoms with E-state index in [4.69, 9.17) is 4.74 Å². The van der Waals surface area contributed by atoms with E-state index < -0.39 is 0 Å². The highest BCUT2D eigenvalue weighted by molar-refractivity contribution is 5.81. The maximum atomic E-state index is 11.9. The van der Waals surface area contributed by atoms with Crippen LogP contribution in [-0.4, -0.2) is 30.6 Å². The van der Waals surface area contributed by atoms with Crippen LogP contribution < -0.4 is 15.4 Å². The molecule has 1 saturated heterocycles. The van der Waals surface area contributed by atoms with Gasteiger partial charge in [0.15, 0.2) is 0 Å². The maximum absolute atomic E-state index is 11.9. The summed E-state index contributed by atoms with van der Waals surface area (Å²) in [5.41, 5.74) is 0.992. The first-order chi connectivity index (χ1) is 8.79. The molecule has 18 heavy (non-hydrogen) atoms. The van der Waals surface area contributed by atoms with E-state index in [0.29, 0.717) is 12.4 Å². The fraction of sp³-hybridized carbons (Fsp3) is 0.538. The Morgan fingerprint density at radius 3 is 3.22 bits per heavy atom. The van der Waals surface area contributed by atoms with Gasteiger partial charge in [-0.25, -0.2) is 4.98 Å². The molecule has 5 heteroatoms. The van der Waals surface area contributed by atoms with Crippen molar-refractivity contribution in [2.24, 2.45) is 0 Å². The molecule has 0 bridgehead atoms. The van der Waals surface area contributed by atoms with Crippen molar-refractivity contribution in [2.45, 2.75) is 31.8 Å². The van der Waals surface area contributed by atoms with Crippen LogP contribution >= 0.6 is 0 Å². The number of rotatable bonds is 4. The summed E-state index contributed by atoms with van der Waals surface area (Å²) >= 11 is 0. The van der Waals surface area contributed by atoms with E-state index in [1.165, 1.54) is 0 Å². The highest BCUT2D eigenvalue weighted by Crippen LogP contribution is 2.09. The van der Waals surface area contributed by atoms with Crippen LogP contribution in [0, 0.1) is 0 Å². The molecule has 1 fully saturated rings. The van der Waals surface area contributed by atoms with Gasteiger partial charge in [0.05, 0.1) is 13.2 Å². The molecule has 1 aromatic rings. The smallest absolute Gasteiger partial charge is 0.237 e. The van der Waals surface area contributed by atoms with Gasteiger partial charge in [0.1, 0.15) is 0 Å². The highest BCUT2D eigenvalue weighted by atomic mass is 16.5. The van der Waals surface area contributed by atoms with E-state index in [9.17, 15) is 4.79 Å². The van der Waals surface area contributed by atoms with E-state index in [0.717, 1.165) is 31.4 Å². The van der Waals surface area contributed by atoms with Crippen molar-refractivity contribution in [3.63, 3.8) is 0 Å². The minimum Gasteiger partial charge on any atom is -0.481 e. The molecule has 1 amide bonds. The van der Waals surface area contributed by atoms with Gasteiger partial charge in [0.25, 0.3) is 0 Å². The first kappa shape index (κ1) is 12.8. The molecule has 0 aliphatic carbocycles. The molecule has 0 aromatic carbocycles. The Labute approximate surface area is 107 Å². The van der Waals surface area contributed by atoms with E-state index in [1.54, 1.807) is 13.3 Å². The van der Waals surface area contributed by atoms with E-state index >= 15 is 0 Å². The average Bonchev–Trinajstić information content (AvgIpc) is 2.46. The topological polar surface area (TPSA) is 63.2 Å². The van der Waals surface area contributed by atoms with Crippen molar-refractivity contribution < 1.29 is 9.53 Å². The Morgan fingerprint density at radius 2 is 2.50 bits per heavy atom. The van der Waals surface area contributed by atoms with Gasteiger partial charge in [0, 0.05) is 18.8 Å². The van der Waals surface area contributed by atoms with Gasteiger partial charge in [-0.15, -0.1) is 0 Å². The number of amides is 1. The number of piperidine rings is 1. The zero-order valence-electron chi connectivity index (χ0n) is 10.6. The summed E-state index contributed by atoms with van der Waals surface area (Å²) in [4.78, 5) is 15.9. The van der Waals surface area contributed by atoms with Crippen molar-refractivity contribution in [2.75, 3.05) is 13.7 Å². The van der Waals surface area contributed by atoms with E-state index in [1.807, 2.05) is 12.1 Å². The van der Waals surface area contributed by atoms with Gasteiger partial charge in [0.2, 0.25) is 11.8 Å². The zero-order valence-corrected chi connectivity index (χ0v) is 10.6. The number of carbonyl (C=O) groups is 1. The summed E-state index contributed by atoms with van der Waals surface area (Å²) in [6.07, 6.45) is 4.88. The van der Waals surface area contributed by atoms with Crippen LogP contribution in [0.5, 0.6) is 5.88 Å². The number of ether oxygens (including phenoxy) is 1. The molecule has 5 nitrogen and oxygen atoms in total. The molecule has 0 unspecified atom stereocenters. The second kappa shape index (κ2) is 6.35. The van der Waals surface area contributed by atoms with Crippen molar-refractivity contribution in [3.05, 3.63) is 23.9 Å². The predicted octanol–water partition coefficient (Wildman–Crippen LogP) is 0.848. The Bertz CT molecular complexity index is 403. The summed E-state index contributed by atoms with van der Waals surface area (Å²) in [5, 5.41) is 6.16. The number of aromatic nitrogens is 1. The zero-order chi connectivity index (χ0) is 12.8. The minimum absolute atomic E-state index is 0.0394. The SMILES string of the molecule is COc1cc(CNC(=O)[C@H]2CCCCN2)ccn1. The monoisotopic (exact) mass is 249 g/mol. The van der Waals surface area contributed by atoms with Crippen LogP contribution in [0.15, 0.2) is 18.3 Å². The molecule has 1 atom stereocenters. The molecule has 0 saturated carbocycles. The van der Waals surface area contributed by atoms with Crippen LogP contribution in [0.2, 0.25) is 0 Å². The Kier molecular flexibility index (Phi) is 4.52. The largest absolute Gasteiger partial charge is 0.481 e. The summed E-state index contributed by atoms with van der Waals surface area (Å²) in [5.74, 6) is 0.642. The lowest BCUT2D eigenvalue weighted by atomic mass is 10.0. The number of pyridine rings is 1. The highest BCUT2D eigenvalue weighted by Gasteiger charge is 2.19. The van der Waals surface area contributed by atoms with Crippen molar-refractivity contribution in [3.8, 4) is 5.88 Å². The maximum Gasteiger partial charge on any atom is 0.237 e. The van der Waals surface area contributed by atoms with E-state index in [2.05, 4.69) is 15.6 Å². The molecule has 2 heterocycles. The molecule has 98 valence electrons. The molecule has 1 aromatic heterocycles. The molecular formula is C13H19N3O2.